The quantitative estimate of drug-likeness (QED) is 0.123. The van der Waals surface area contributed by atoms with E-state index >= 15 is 0 Å². The molecule has 0 aliphatic carbocycles. The molecular weight excluding hydrogens is 663 g/mol. The lowest BCUT2D eigenvalue weighted by molar-refractivity contribution is 1.28. The van der Waals surface area contributed by atoms with Gasteiger partial charge >= 0.3 is 0 Å². The maximum Gasteiger partial charge on any atom is 0.0462 e. The number of anilines is 3. The van der Waals surface area contributed by atoms with E-state index < -0.39 is 0 Å². The normalized spacial score (nSPS) is 11.6. The minimum absolute atomic E-state index is 1.13. The molecule has 0 heterocycles. The Morgan fingerprint density at radius 2 is 0.673 bits per heavy atom. The Labute approximate surface area is 320 Å². The van der Waals surface area contributed by atoms with Gasteiger partial charge in [-0.05, 0) is 148 Å². The molecule has 55 heavy (non-hydrogen) atoms. The molecule has 0 fully saturated rings. The molecule has 0 atom stereocenters. The van der Waals surface area contributed by atoms with Crippen LogP contribution in [0.15, 0.2) is 212 Å². The van der Waals surface area contributed by atoms with Crippen LogP contribution in [0.4, 0.5) is 17.1 Å². The first-order valence-electron chi connectivity index (χ1n) is 19.0. The van der Waals surface area contributed by atoms with Crippen molar-refractivity contribution in [2.45, 2.75) is 0 Å². The summed E-state index contributed by atoms with van der Waals surface area (Å²) in [6, 6.07) is 77.7. The predicted molar refractivity (Wildman–Crippen MR) is 236 cm³/mol. The van der Waals surface area contributed by atoms with Gasteiger partial charge in [0.25, 0.3) is 0 Å². The lowest BCUT2D eigenvalue weighted by atomic mass is 9.89. The van der Waals surface area contributed by atoms with Crippen LogP contribution in [-0.2, 0) is 0 Å². The summed E-state index contributed by atoms with van der Waals surface area (Å²) in [4.78, 5) is 2.29. The summed E-state index contributed by atoms with van der Waals surface area (Å²) in [5, 5.41) is 12.9. The molecule has 0 saturated heterocycles. The molecule has 0 aliphatic rings. The van der Waals surface area contributed by atoms with E-state index in [1.165, 1.54) is 87.2 Å². The van der Waals surface area contributed by atoms with E-state index in [9.17, 15) is 0 Å². The molecule has 0 amide bonds. The van der Waals surface area contributed by atoms with Crippen LogP contribution in [-0.4, -0.2) is 0 Å². The van der Waals surface area contributed by atoms with Gasteiger partial charge in [0.1, 0.15) is 0 Å². The van der Waals surface area contributed by atoms with Crippen molar-refractivity contribution in [3.8, 4) is 33.4 Å². The highest BCUT2D eigenvalue weighted by Crippen LogP contribution is 2.41. The van der Waals surface area contributed by atoms with Crippen LogP contribution in [0.2, 0.25) is 0 Å². The largest absolute Gasteiger partial charge is 0.311 e. The van der Waals surface area contributed by atoms with Gasteiger partial charge in [0, 0.05) is 17.1 Å². The smallest absolute Gasteiger partial charge is 0.0462 e. The second-order valence-electron chi connectivity index (χ2n) is 14.6. The van der Waals surface area contributed by atoms with Crippen LogP contribution in [0.25, 0.3) is 87.2 Å². The summed E-state index contributed by atoms with van der Waals surface area (Å²) in [5.41, 5.74) is 10.8. The summed E-state index contributed by atoms with van der Waals surface area (Å²) in [5.74, 6) is 0. The molecule has 256 valence electrons. The Morgan fingerprint density at radius 1 is 0.236 bits per heavy atom. The van der Waals surface area contributed by atoms with Crippen LogP contribution >= 0.6 is 0 Å². The monoisotopic (exact) mass is 697 g/mol. The van der Waals surface area contributed by atoms with Gasteiger partial charge in [0.2, 0.25) is 0 Å². The van der Waals surface area contributed by atoms with Crippen molar-refractivity contribution < 1.29 is 0 Å². The third-order valence-electron chi connectivity index (χ3n) is 11.3. The highest BCUT2D eigenvalue weighted by Gasteiger charge is 2.14. The molecular formula is C54H35N. The maximum absolute atomic E-state index is 2.36. The Balaban J connectivity index is 0.885. The molecule has 0 N–H and O–H groups in total. The number of rotatable bonds is 6. The fourth-order valence-electron chi connectivity index (χ4n) is 8.59. The fraction of sp³-hybridized carbons (Fsp3) is 0. The number of benzene rings is 11. The van der Waals surface area contributed by atoms with E-state index in [4.69, 9.17) is 0 Å². The Hall–Kier alpha value is -7.22. The number of hydrogen-bond donors (Lipinski definition) is 0. The van der Waals surface area contributed by atoms with Gasteiger partial charge in [-0.2, -0.15) is 0 Å². The van der Waals surface area contributed by atoms with Crippen LogP contribution in [0.1, 0.15) is 0 Å². The standard InChI is InChI=1S/C54H35N/c1-3-10-48(11-4-1)55(49-12-5-2-6-13-49)50-28-24-37(25-29-50)36-14-16-38(17-15-36)42-20-21-43-34-47-35-45(23-22-44(47)33-46(43)32-42)51-30-26-41-19-18-39-8-7-9-40-27-31-52(51)54(41)53(39)40/h1-35H. The lowest BCUT2D eigenvalue weighted by Crippen LogP contribution is -2.09. The van der Waals surface area contributed by atoms with Gasteiger partial charge in [0.05, 0.1) is 0 Å². The molecule has 0 aromatic heterocycles. The molecule has 11 aromatic carbocycles. The van der Waals surface area contributed by atoms with Crippen molar-refractivity contribution in [2.75, 3.05) is 4.90 Å². The van der Waals surface area contributed by atoms with Crippen molar-refractivity contribution in [3.63, 3.8) is 0 Å². The predicted octanol–water partition coefficient (Wildman–Crippen LogP) is 15.4. The van der Waals surface area contributed by atoms with Gasteiger partial charge in [-0.15, -0.1) is 0 Å². The summed E-state index contributed by atoms with van der Waals surface area (Å²) in [7, 11) is 0. The molecule has 11 rings (SSSR count). The molecule has 0 saturated carbocycles. The van der Waals surface area contributed by atoms with Crippen molar-refractivity contribution >= 4 is 70.9 Å². The molecule has 0 aliphatic heterocycles. The van der Waals surface area contributed by atoms with Gasteiger partial charge in [-0.1, -0.05) is 152 Å². The van der Waals surface area contributed by atoms with E-state index in [0.29, 0.717) is 0 Å². The van der Waals surface area contributed by atoms with Gasteiger partial charge in [0.15, 0.2) is 0 Å². The van der Waals surface area contributed by atoms with E-state index in [1.54, 1.807) is 0 Å². The highest BCUT2D eigenvalue weighted by atomic mass is 15.1. The zero-order valence-electron chi connectivity index (χ0n) is 30.2. The van der Waals surface area contributed by atoms with E-state index in [0.717, 1.165) is 17.1 Å². The summed E-state index contributed by atoms with van der Waals surface area (Å²) in [6.45, 7) is 0. The van der Waals surface area contributed by atoms with Crippen LogP contribution in [0, 0.1) is 0 Å². The minimum Gasteiger partial charge on any atom is -0.311 e. The molecule has 0 unspecified atom stereocenters. The molecule has 1 nitrogen and oxygen atoms in total. The van der Waals surface area contributed by atoms with Gasteiger partial charge in [-0.3, -0.25) is 0 Å². The van der Waals surface area contributed by atoms with Crippen molar-refractivity contribution in [3.05, 3.63) is 212 Å². The first-order chi connectivity index (χ1) is 27.2. The average Bonchev–Trinajstić information content (AvgIpc) is 3.25. The van der Waals surface area contributed by atoms with Gasteiger partial charge < -0.3 is 4.90 Å². The second kappa shape index (κ2) is 12.7. The minimum atomic E-state index is 1.13. The lowest BCUT2D eigenvalue weighted by Gasteiger charge is -2.25. The number of hydrogen-bond acceptors (Lipinski definition) is 1. The summed E-state index contributed by atoms with van der Waals surface area (Å²) >= 11 is 0. The molecule has 0 radical (unpaired) electrons. The fourth-order valence-corrected chi connectivity index (χ4v) is 8.59. The van der Waals surface area contributed by atoms with Gasteiger partial charge in [-0.25, -0.2) is 0 Å². The van der Waals surface area contributed by atoms with E-state index in [1.807, 2.05) is 0 Å². The van der Waals surface area contributed by atoms with Crippen molar-refractivity contribution in [1.82, 2.24) is 0 Å². The van der Waals surface area contributed by atoms with Crippen LogP contribution in [0.3, 0.4) is 0 Å². The topological polar surface area (TPSA) is 3.24 Å². The van der Waals surface area contributed by atoms with E-state index in [2.05, 4.69) is 217 Å². The molecule has 0 spiro atoms. The highest BCUT2D eigenvalue weighted by molar-refractivity contribution is 6.25. The number of para-hydroxylation sites is 2. The third-order valence-corrected chi connectivity index (χ3v) is 11.3. The molecule has 0 bridgehead atoms. The Kier molecular flexibility index (Phi) is 7.25. The van der Waals surface area contributed by atoms with Crippen molar-refractivity contribution in [1.29, 1.82) is 0 Å². The Morgan fingerprint density at radius 3 is 1.29 bits per heavy atom. The third kappa shape index (κ3) is 5.40. The Bertz CT molecular complexity index is 3110. The summed E-state index contributed by atoms with van der Waals surface area (Å²) in [6.07, 6.45) is 0. The molecule has 11 aromatic rings. The molecule has 1 heteroatoms. The maximum atomic E-state index is 2.36. The van der Waals surface area contributed by atoms with Crippen LogP contribution in [0.5, 0.6) is 0 Å². The van der Waals surface area contributed by atoms with E-state index in [-0.39, 0.29) is 0 Å². The number of fused-ring (bicyclic) bond motifs is 2. The second-order valence-corrected chi connectivity index (χ2v) is 14.6. The summed E-state index contributed by atoms with van der Waals surface area (Å²) < 4.78 is 0. The first kappa shape index (κ1) is 31.3. The average molecular weight is 698 g/mol. The first-order valence-corrected chi connectivity index (χ1v) is 19.0. The zero-order chi connectivity index (χ0) is 36.3. The number of nitrogens with zero attached hydrogens (tertiary/aromatic N) is 1. The van der Waals surface area contributed by atoms with Crippen LogP contribution < -0.4 is 4.90 Å². The van der Waals surface area contributed by atoms with Crippen molar-refractivity contribution in [2.24, 2.45) is 0 Å². The zero-order valence-corrected chi connectivity index (χ0v) is 30.2. The SMILES string of the molecule is c1ccc(N(c2ccccc2)c2ccc(-c3ccc(-c4ccc5cc6cc(-c7ccc8ccc9cccc%10ccc7c8c9%10)ccc6cc5c4)cc3)cc2)cc1.